The summed E-state index contributed by atoms with van der Waals surface area (Å²) in [5.41, 5.74) is 0.446. The maximum atomic E-state index is 12.5. The molecule has 0 radical (unpaired) electrons. The molecule has 0 bridgehead atoms. The Bertz CT molecular complexity index is 703. The van der Waals surface area contributed by atoms with Crippen LogP contribution in [0.4, 0.5) is 4.79 Å². The second-order valence-electron chi connectivity index (χ2n) is 8.18. The van der Waals surface area contributed by atoms with E-state index in [0.29, 0.717) is 24.2 Å². The molecule has 0 N–H and O–H groups in total. The number of carbonyl (C=O) groups is 3. The van der Waals surface area contributed by atoms with Crippen LogP contribution in [0.5, 0.6) is 0 Å². The minimum absolute atomic E-state index is 0.0128. The first-order valence-electron chi connectivity index (χ1n) is 9.12. The van der Waals surface area contributed by atoms with Crippen LogP contribution in [0.3, 0.4) is 0 Å². The van der Waals surface area contributed by atoms with E-state index in [9.17, 15) is 14.4 Å². The van der Waals surface area contributed by atoms with E-state index in [1.807, 2.05) is 27.7 Å². The van der Waals surface area contributed by atoms with Crippen molar-refractivity contribution in [1.29, 1.82) is 0 Å². The van der Waals surface area contributed by atoms with Gasteiger partial charge in [-0.25, -0.2) is 4.79 Å². The van der Waals surface area contributed by atoms with Gasteiger partial charge in [-0.15, -0.1) is 0 Å². The molecule has 26 heavy (non-hydrogen) atoms. The van der Waals surface area contributed by atoms with Crippen LogP contribution in [0.25, 0.3) is 0 Å². The number of piperidine rings is 1. The topological polar surface area (TPSA) is 66.9 Å². The van der Waals surface area contributed by atoms with Crippen molar-refractivity contribution >= 4 is 17.9 Å². The number of imide groups is 1. The van der Waals surface area contributed by atoms with Crippen LogP contribution in [-0.4, -0.2) is 52.4 Å². The largest absolute Gasteiger partial charge is 0.444 e. The molecule has 1 fully saturated rings. The molecule has 2 atom stereocenters. The molecule has 1 aromatic rings. The second kappa shape index (κ2) is 6.74. The third-order valence-electron chi connectivity index (χ3n) is 4.93. The van der Waals surface area contributed by atoms with Gasteiger partial charge in [-0.1, -0.05) is 12.1 Å². The molecule has 1 saturated heterocycles. The van der Waals surface area contributed by atoms with Gasteiger partial charge < -0.3 is 9.64 Å². The summed E-state index contributed by atoms with van der Waals surface area (Å²) in [6.07, 6.45) is 1.19. The molecule has 0 aromatic heterocycles. The Morgan fingerprint density at radius 3 is 2.23 bits per heavy atom. The zero-order valence-electron chi connectivity index (χ0n) is 15.8. The molecule has 3 amide bonds. The summed E-state index contributed by atoms with van der Waals surface area (Å²) >= 11 is 0. The maximum Gasteiger partial charge on any atom is 0.410 e. The normalized spacial score (nSPS) is 23.2. The number of hydrogen-bond donors (Lipinski definition) is 0. The molecule has 0 saturated carbocycles. The zero-order valence-corrected chi connectivity index (χ0v) is 15.8. The highest BCUT2D eigenvalue weighted by Gasteiger charge is 2.38. The Morgan fingerprint density at radius 1 is 1.15 bits per heavy atom. The summed E-state index contributed by atoms with van der Waals surface area (Å²) in [5, 5.41) is 0. The molecule has 6 nitrogen and oxygen atoms in total. The van der Waals surface area contributed by atoms with Crippen molar-refractivity contribution in [2.45, 2.75) is 52.2 Å². The van der Waals surface area contributed by atoms with E-state index >= 15 is 0 Å². The third kappa shape index (κ3) is 3.59. The van der Waals surface area contributed by atoms with Gasteiger partial charge in [0.1, 0.15) is 5.60 Å². The third-order valence-corrected chi connectivity index (χ3v) is 4.93. The predicted octanol–water partition coefficient (Wildman–Crippen LogP) is 3.32. The number of nitrogens with zero attached hydrogens (tertiary/aromatic N) is 2. The summed E-state index contributed by atoms with van der Waals surface area (Å²) in [6, 6.07) is 6.95. The summed E-state index contributed by atoms with van der Waals surface area (Å²) in [6.45, 7) is 8.51. The highest BCUT2D eigenvalue weighted by molar-refractivity contribution is 6.21. The van der Waals surface area contributed by atoms with Crippen LogP contribution in [0.2, 0.25) is 0 Å². The van der Waals surface area contributed by atoms with Crippen LogP contribution >= 0.6 is 0 Å². The fraction of sp³-hybridized carbons (Fsp3) is 0.550. The van der Waals surface area contributed by atoms with Gasteiger partial charge in [0.15, 0.2) is 0 Å². The smallest absolute Gasteiger partial charge is 0.410 e. The lowest BCUT2D eigenvalue weighted by molar-refractivity contribution is 0.00511. The fourth-order valence-corrected chi connectivity index (χ4v) is 3.69. The number of rotatable bonds is 2. The van der Waals surface area contributed by atoms with Gasteiger partial charge in [-0.3, -0.25) is 14.5 Å². The molecule has 2 unspecified atom stereocenters. The number of fused-ring (bicyclic) bond motifs is 1. The molecule has 6 heteroatoms. The van der Waals surface area contributed by atoms with Crippen molar-refractivity contribution in [3.8, 4) is 0 Å². The maximum absolute atomic E-state index is 12.5. The molecule has 2 heterocycles. The lowest BCUT2D eigenvalue weighted by Gasteiger charge is -2.39. The monoisotopic (exact) mass is 358 g/mol. The Balaban J connectivity index is 1.61. The molecular weight excluding hydrogens is 332 g/mol. The average Bonchev–Trinajstić information content (AvgIpc) is 2.79. The first kappa shape index (κ1) is 18.4. The van der Waals surface area contributed by atoms with Gasteiger partial charge in [0.25, 0.3) is 11.8 Å². The van der Waals surface area contributed by atoms with Crippen molar-refractivity contribution in [3.63, 3.8) is 0 Å². The predicted molar refractivity (Wildman–Crippen MR) is 96.9 cm³/mol. The van der Waals surface area contributed by atoms with Crippen LogP contribution in [0.1, 0.15) is 61.3 Å². The SMILES string of the molecule is CC1CC(CN2C(=O)c3ccccc3C2=O)CCN1C(=O)OC(C)(C)C. The number of hydrogen-bond acceptors (Lipinski definition) is 4. The Labute approximate surface area is 154 Å². The number of likely N-dealkylation sites (tertiary alicyclic amines) is 1. The lowest BCUT2D eigenvalue weighted by Crippen LogP contribution is -2.48. The van der Waals surface area contributed by atoms with Crippen molar-refractivity contribution in [2.75, 3.05) is 13.1 Å². The molecular formula is C20H26N2O4. The Morgan fingerprint density at radius 2 is 1.73 bits per heavy atom. The van der Waals surface area contributed by atoms with Crippen LogP contribution in [-0.2, 0) is 4.74 Å². The fourth-order valence-electron chi connectivity index (χ4n) is 3.69. The average molecular weight is 358 g/mol. The molecule has 2 aliphatic rings. The van der Waals surface area contributed by atoms with Gasteiger partial charge in [-0.05, 0) is 58.6 Å². The van der Waals surface area contributed by atoms with E-state index in [0.717, 1.165) is 12.8 Å². The van der Waals surface area contributed by atoms with E-state index in [2.05, 4.69) is 0 Å². The number of ether oxygens (including phenoxy) is 1. The van der Waals surface area contributed by atoms with Gasteiger partial charge in [0.2, 0.25) is 0 Å². The van der Waals surface area contributed by atoms with Crippen LogP contribution in [0.15, 0.2) is 24.3 Å². The summed E-state index contributed by atoms with van der Waals surface area (Å²) in [7, 11) is 0. The number of carbonyl (C=O) groups excluding carboxylic acids is 3. The van der Waals surface area contributed by atoms with Crippen molar-refractivity contribution < 1.29 is 19.1 Å². The van der Waals surface area contributed by atoms with E-state index < -0.39 is 5.60 Å². The molecule has 2 aliphatic heterocycles. The quantitative estimate of drug-likeness (QED) is 0.761. The van der Waals surface area contributed by atoms with E-state index in [4.69, 9.17) is 4.74 Å². The molecule has 140 valence electrons. The minimum atomic E-state index is -0.520. The van der Waals surface area contributed by atoms with Gasteiger partial charge in [-0.2, -0.15) is 0 Å². The van der Waals surface area contributed by atoms with Crippen LogP contribution in [0, 0.1) is 5.92 Å². The van der Waals surface area contributed by atoms with E-state index in [1.54, 1.807) is 29.2 Å². The van der Waals surface area contributed by atoms with Crippen molar-refractivity contribution in [3.05, 3.63) is 35.4 Å². The summed E-state index contributed by atoms with van der Waals surface area (Å²) in [4.78, 5) is 40.4. The first-order valence-corrected chi connectivity index (χ1v) is 9.12. The zero-order chi connectivity index (χ0) is 19.1. The summed E-state index contributed by atoms with van der Waals surface area (Å²) < 4.78 is 5.46. The highest BCUT2D eigenvalue weighted by atomic mass is 16.6. The lowest BCUT2D eigenvalue weighted by atomic mass is 9.91. The highest BCUT2D eigenvalue weighted by Crippen LogP contribution is 2.29. The first-order chi connectivity index (χ1) is 12.2. The van der Waals surface area contributed by atoms with E-state index in [1.165, 1.54) is 4.90 Å². The van der Waals surface area contributed by atoms with Gasteiger partial charge >= 0.3 is 6.09 Å². The number of benzene rings is 1. The Kier molecular flexibility index (Phi) is 4.78. The standard InChI is InChI=1S/C20H26N2O4/c1-13-11-14(9-10-21(13)19(25)26-20(2,3)4)12-22-17(23)15-7-5-6-8-16(15)18(22)24/h5-8,13-14H,9-12H2,1-4H3. The van der Waals surface area contributed by atoms with Gasteiger partial charge in [0, 0.05) is 19.1 Å². The second-order valence-corrected chi connectivity index (χ2v) is 8.18. The molecule has 3 rings (SSSR count). The van der Waals surface area contributed by atoms with Gasteiger partial charge in [0.05, 0.1) is 11.1 Å². The van der Waals surface area contributed by atoms with Crippen molar-refractivity contribution in [2.24, 2.45) is 5.92 Å². The van der Waals surface area contributed by atoms with Crippen molar-refractivity contribution in [1.82, 2.24) is 9.80 Å². The Hall–Kier alpha value is -2.37. The minimum Gasteiger partial charge on any atom is -0.444 e. The number of amides is 3. The molecule has 0 aliphatic carbocycles. The van der Waals surface area contributed by atoms with Crippen LogP contribution < -0.4 is 0 Å². The molecule has 1 aromatic carbocycles. The molecule has 0 spiro atoms. The van der Waals surface area contributed by atoms with E-state index in [-0.39, 0.29) is 29.9 Å². The summed E-state index contributed by atoms with van der Waals surface area (Å²) in [5.74, 6) is -0.244.